The van der Waals surface area contributed by atoms with Crippen LogP contribution in [0.25, 0.3) is 0 Å². The van der Waals surface area contributed by atoms with Gasteiger partial charge in [-0.05, 0) is 49.7 Å². The third-order valence-electron chi connectivity index (χ3n) is 4.99. The van der Waals surface area contributed by atoms with Crippen LogP contribution in [-0.2, 0) is 0 Å². The summed E-state index contributed by atoms with van der Waals surface area (Å²) in [5, 5.41) is 0. The minimum Gasteiger partial charge on any atom is -0.496 e. The first kappa shape index (κ1) is 20.3. The topological polar surface area (TPSA) is 21.7 Å². The van der Waals surface area contributed by atoms with Gasteiger partial charge in [0.05, 0.1) is 13.7 Å². The van der Waals surface area contributed by atoms with Crippen LogP contribution in [-0.4, -0.2) is 38.3 Å². The Morgan fingerprint density at radius 2 is 1.62 bits per heavy atom. The van der Waals surface area contributed by atoms with Crippen LogP contribution in [0.15, 0.2) is 48.5 Å². The quantitative estimate of drug-likeness (QED) is 0.507. The number of methoxy groups -OCH3 is 1. The van der Waals surface area contributed by atoms with Gasteiger partial charge in [-0.2, -0.15) is 0 Å². The lowest BCUT2D eigenvalue weighted by molar-refractivity contribution is 0.249. The van der Waals surface area contributed by atoms with Crippen molar-refractivity contribution in [3.05, 3.63) is 59.7 Å². The van der Waals surface area contributed by atoms with Crippen molar-refractivity contribution in [3.63, 3.8) is 0 Å². The number of hydrogen-bond donors (Lipinski definition) is 0. The summed E-state index contributed by atoms with van der Waals surface area (Å²) in [5.74, 6) is 2.24. The van der Waals surface area contributed by atoms with Gasteiger partial charge in [0.25, 0.3) is 0 Å². The van der Waals surface area contributed by atoms with E-state index in [2.05, 4.69) is 62.1 Å². The van der Waals surface area contributed by atoms with Gasteiger partial charge < -0.3 is 14.4 Å². The Balaban J connectivity index is 1.97. The molecule has 0 saturated heterocycles. The molecule has 0 aromatic heterocycles. The monoisotopic (exact) mass is 355 g/mol. The molecule has 0 aliphatic heterocycles. The maximum atomic E-state index is 5.91. The summed E-state index contributed by atoms with van der Waals surface area (Å²) in [6.45, 7) is 10.7. The maximum absolute atomic E-state index is 5.91. The van der Waals surface area contributed by atoms with Crippen molar-refractivity contribution < 1.29 is 9.47 Å². The lowest BCUT2D eigenvalue weighted by Crippen LogP contribution is -2.25. The Morgan fingerprint density at radius 3 is 2.23 bits per heavy atom. The van der Waals surface area contributed by atoms with Gasteiger partial charge in [-0.1, -0.05) is 51.1 Å². The van der Waals surface area contributed by atoms with Gasteiger partial charge in [0.2, 0.25) is 0 Å². The van der Waals surface area contributed by atoms with Gasteiger partial charge in [-0.3, -0.25) is 0 Å². The smallest absolute Gasteiger partial charge is 0.122 e. The fraction of sp³-hybridized carbons (Fsp3) is 0.478. The zero-order valence-corrected chi connectivity index (χ0v) is 16.7. The Kier molecular flexibility index (Phi) is 8.49. The normalized spacial score (nSPS) is 12.2. The minimum atomic E-state index is 0.336. The molecule has 3 heteroatoms. The molecule has 0 heterocycles. The number of hydrogen-bond acceptors (Lipinski definition) is 3. The summed E-state index contributed by atoms with van der Waals surface area (Å²) in [5.41, 5.74) is 2.54. The van der Waals surface area contributed by atoms with Crippen LogP contribution in [0.4, 0.5) is 0 Å². The predicted molar refractivity (Wildman–Crippen MR) is 109 cm³/mol. The van der Waals surface area contributed by atoms with E-state index in [0.29, 0.717) is 5.92 Å². The Morgan fingerprint density at radius 1 is 0.923 bits per heavy atom. The summed E-state index contributed by atoms with van der Waals surface area (Å²) in [6, 6.07) is 16.8. The molecule has 0 N–H and O–H groups in total. The molecule has 0 fully saturated rings. The molecule has 1 atom stereocenters. The molecular formula is C23H33NO2. The molecular weight excluding hydrogens is 322 g/mol. The molecule has 0 amide bonds. The van der Waals surface area contributed by atoms with E-state index in [0.717, 1.165) is 50.6 Å². The van der Waals surface area contributed by atoms with Crippen LogP contribution in [0, 0.1) is 0 Å². The standard InChI is InChI=1S/C23H33NO2/c1-5-21(22-11-8-9-12-23(22)25-4)19-13-15-20(16-14-19)26-18-10-17-24(6-2)7-3/h8-9,11-16,21H,5-7,10,17-18H2,1-4H3. The van der Waals surface area contributed by atoms with Crippen molar-refractivity contribution in [1.29, 1.82) is 0 Å². The molecule has 0 radical (unpaired) electrons. The van der Waals surface area contributed by atoms with Crippen LogP contribution in [0.3, 0.4) is 0 Å². The summed E-state index contributed by atoms with van der Waals surface area (Å²) in [4.78, 5) is 2.42. The third kappa shape index (κ3) is 5.50. The summed E-state index contributed by atoms with van der Waals surface area (Å²) >= 11 is 0. The van der Waals surface area contributed by atoms with Crippen LogP contribution in [0.5, 0.6) is 11.5 Å². The van der Waals surface area contributed by atoms with Crippen molar-refractivity contribution in [2.75, 3.05) is 33.4 Å². The number of rotatable bonds is 11. The largest absolute Gasteiger partial charge is 0.496 e. The first-order valence-electron chi connectivity index (χ1n) is 9.81. The summed E-state index contributed by atoms with van der Waals surface area (Å²) < 4.78 is 11.5. The number of ether oxygens (including phenoxy) is 2. The van der Waals surface area contributed by atoms with Gasteiger partial charge in [0.1, 0.15) is 11.5 Å². The Hall–Kier alpha value is -2.00. The van der Waals surface area contributed by atoms with E-state index >= 15 is 0 Å². The van der Waals surface area contributed by atoms with E-state index in [9.17, 15) is 0 Å². The van der Waals surface area contributed by atoms with Gasteiger partial charge >= 0.3 is 0 Å². The van der Waals surface area contributed by atoms with Gasteiger partial charge in [-0.15, -0.1) is 0 Å². The van der Waals surface area contributed by atoms with Crippen molar-refractivity contribution in [1.82, 2.24) is 4.90 Å². The molecule has 0 aliphatic rings. The highest BCUT2D eigenvalue weighted by molar-refractivity contribution is 5.43. The molecule has 3 nitrogen and oxygen atoms in total. The average Bonchev–Trinajstić information content (AvgIpc) is 2.70. The van der Waals surface area contributed by atoms with Crippen LogP contribution < -0.4 is 9.47 Å². The first-order chi connectivity index (χ1) is 12.7. The highest BCUT2D eigenvalue weighted by atomic mass is 16.5. The van der Waals surface area contributed by atoms with E-state index in [4.69, 9.17) is 9.47 Å². The molecule has 0 bridgehead atoms. The Bertz CT molecular complexity index is 635. The minimum absolute atomic E-state index is 0.336. The second-order valence-electron chi connectivity index (χ2n) is 6.50. The van der Waals surface area contributed by atoms with Crippen molar-refractivity contribution in [2.45, 2.75) is 39.5 Å². The predicted octanol–water partition coefficient (Wildman–Crippen LogP) is 5.35. The lowest BCUT2D eigenvalue weighted by atomic mass is 9.88. The number of nitrogens with zero attached hydrogens (tertiary/aromatic N) is 1. The fourth-order valence-corrected chi connectivity index (χ4v) is 3.40. The Labute approximate surface area is 158 Å². The van der Waals surface area contributed by atoms with Crippen molar-refractivity contribution >= 4 is 0 Å². The van der Waals surface area contributed by atoms with E-state index < -0.39 is 0 Å². The second kappa shape index (κ2) is 10.9. The molecule has 26 heavy (non-hydrogen) atoms. The second-order valence-corrected chi connectivity index (χ2v) is 6.50. The SMILES string of the molecule is CCC(c1ccc(OCCCN(CC)CC)cc1)c1ccccc1OC. The van der Waals surface area contributed by atoms with E-state index in [-0.39, 0.29) is 0 Å². The summed E-state index contributed by atoms with van der Waals surface area (Å²) in [6.07, 6.45) is 2.09. The maximum Gasteiger partial charge on any atom is 0.122 e. The van der Waals surface area contributed by atoms with E-state index in [1.807, 2.05) is 12.1 Å². The number of benzene rings is 2. The zero-order valence-electron chi connectivity index (χ0n) is 16.7. The van der Waals surface area contributed by atoms with Crippen LogP contribution in [0.2, 0.25) is 0 Å². The molecule has 0 spiro atoms. The molecule has 2 rings (SSSR count). The van der Waals surface area contributed by atoms with E-state index in [1.54, 1.807) is 7.11 Å². The highest BCUT2D eigenvalue weighted by Crippen LogP contribution is 2.34. The van der Waals surface area contributed by atoms with Gasteiger partial charge in [0.15, 0.2) is 0 Å². The molecule has 2 aromatic rings. The van der Waals surface area contributed by atoms with Crippen molar-refractivity contribution in [2.24, 2.45) is 0 Å². The van der Waals surface area contributed by atoms with E-state index in [1.165, 1.54) is 11.1 Å². The summed E-state index contributed by atoms with van der Waals surface area (Å²) in [7, 11) is 1.74. The molecule has 0 saturated carbocycles. The van der Waals surface area contributed by atoms with Gasteiger partial charge in [-0.25, -0.2) is 0 Å². The average molecular weight is 356 g/mol. The number of para-hydroxylation sites is 1. The van der Waals surface area contributed by atoms with Crippen LogP contribution >= 0.6 is 0 Å². The molecule has 0 aliphatic carbocycles. The zero-order chi connectivity index (χ0) is 18.8. The molecule has 2 aromatic carbocycles. The molecule has 142 valence electrons. The first-order valence-corrected chi connectivity index (χ1v) is 9.81. The van der Waals surface area contributed by atoms with Crippen molar-refractivity contribution in [3.8, 4) is 11.5 Å². The fourth-order valence-electron chi connectivity index (χ4n) is 3.40. The third-order valence-corrected chi connectivity index (χ3v) is 4.99. The molecule has 1 unspecified atom stereocenters. The lowest BCUT2D eigenvalue weighted by Gasteiger charge is -2.19. The highest BCUT2D eigenvalue weighted by Gasteiger charge is 2.16. The van der Waals surface area contributed by atoms with Crippen LogP contribution in [0.1, 0.15) is 50.7 Å². The van der Waals surface area contributed by atoms with Gasteiger partial charge in [0, 0.05) is 18.0 Å².